The number of nitrogens with one attached hydrogen (secondary N) is 4. The molecule has 0 aliphatic carbocycles. The van der Waals surface area contributed by atoms with Gasteiger partial charge in [-0.25, -0.2) is 4.79 Å². The van der Waals surface area contributed by atoms with Crippen molar-refractivity contribution in [2.45, 2.75) is 76.7 Å². The fourth-order valence-corrected chi connectivity index (χ4v) is 3.98. The van der Waals surface area contributed by atoms with Crippen molar-refractivity contribution in [2.24, 2.45) is 17.4 Å². The maximum atomic E-state index is 13.1. The van der Waals surface area contributed by atoms with E-state index >= 15 is 0 Å². The summed E-state index contributed by atoms with van der Waals surface area (Å²) < 4.78 is 0. The van der Waals surface area contributed by atoms with Crippen LogP contribution in [0.1, 0.15) is 45.6 Å². The van der Waals surface area contributed by atoms with Crippen LogP contribution in [0.25, 0.3) is 10.9 Å². The Morgan fingerprint density at radius 3 is 2.21 bits per heavy atom. The molecule has 0 saturated carbocycles. The quantitative estimate of drug-likeness (QED) is 0.142. The third-order valence-electron chi connectivity index (χ3n) is 6.65. The first-order valence-electron chi connectivity index (χ1n) is 12.8. The van der Waals surface area contributed by atoms with Crippen LogP contribution in [0, 0.1) is 5.92 Å². The lowest BCUT2D eigenvalue weighted by Crippen LogP contribution is -2.60. The molecule has 6 atom stereocenters. The smallest absolute Gasteiger partial charge is 0.326 e. The van der Waals surface area contributed by atoms with Gasteiger partial charge in [0.1, 0.15) is 18.1 Å². The van der Waals surface area contributed by atoms with Crippen LogP contribution in [0.4, 0.5) is 0 Å². The zero-order chi connectivity index (χ0) is 29.3. The third-order valence-corrected chi connectivity index (χ3v) is 6.65. The Kier molecular flexibility index (Phi) is 11.4. The SMILES string of the molecule is CCC(C)C(N)C(=O)NC(C(=O)NC(CCC(N)=O)C(=O)NC(Cc1c[nH]c2ccccc12)C(=O)O)C(C)O. The van der Waals surface area contributed by atoms with E-state index in [0.29, 0.717) is 12.0 Å². The number of fused-ring (bicyclic) bond motifs is 1. The van der Waals surface area contributed by atoms with Crippen molar-refractivity contribution in [3.8, 4) is 0 Å². The molecule has 0 bridgehead atoms. The van der Waals surface area contributed by atoms with Gasteiger partial charge in [-0.1, -0.05) is 38.5 Å². The van der Waals surface area contributed by atoms with Crippen molar-refractivity contribution < 1.29 is 34.2 Å². The lowest BCUT2D eigenvalue weighted by atomic mass is 9.98. The Bertz CT molecular complexity index is 1180. The number of nitrogens with two attached hydrogens (primary N) is 2. The molecule has 39 heavy (non-hydrogen) atoms. The third kappa shape index (κ3) is 8.79. The molecular weight excluding hydrogens is 508 g/mol. The molecule has 214 valence electrons. The number of rotatable bonds is 15. The Labute approximate surface area is 226 Å². The van der Waals surface area contributed by atoms with E-state index in [4.69, 9.17) is 11.5 Å². The molecule has 0 aliphatic heterocycles. The second kappa shape index (κ2) is 14.3. The van der Waals surface area contributed by atoms with Crippen molar-refractivity contribution in [3.63, 3.8) is 0 Å². The first-order chi connectivity index (χ1) is 18.3. The van der Waals surface area contributed by atoms with Gasteiger partial charge in [0.25, 0.3) is 0 Å². The number of hydrogen-bond donors (Lipinski definition) is 8. The molecule has 0 fully saturated rings. The van der Waals surface area contributed by atoms with Crippen molar-refractivity contribution in [1.29, 1.82) is 0 Å². The zero-order valence-corrected chi connectivity index (χ0v) is 22.3. The van der Waals surface area contributed by atoms with Gasteiger partial charge >= 0.3 is 5.97 Å². The number of carbonyl (C=O) groups excluding carboxylic acids is 4. The maximum Gasteiger partial charge on any atom is 0.326 e. The predicted molar refractivity (Wildman–Crippen MR) is 143 cm³/mol. The fourth-order valence-electron chi connectivity index (χ4n) is 3.98. The van der Waals surface area contributed by atoms with Gasteiger partial charge in [-0.15, -0.1) is 0 Å². The lowest BCUT2D eigenvalue weighted by molar-refractivity contribution is -0.142. The van der Waals surface area contributed by atoms with Crippen molar-refractivity contribution in [1.82, 2.24) is 20.9 Å². The predicted octanol–water partition coefficient (Wildman–Crippen LogP) is -0.731. The molecule has 13 heteroatoms. The number of H-pyrrole nitrogens is 1. The molecule has 0 aliphatic rings. The minimum atomic E-state index is -1.46. The number of hydrogen-bond acceptors (Lipinski definition) is 7. The van der Waals surface area contributed by atoms with Crippen LogP contribution in [-0.2, 0) is 30.4 Å². The van der Waals surface area contributed by atoms with Crippen molar-refractivity contribution in [2.75, 3.05) is 0 Å². The van der Waals surface area contributed by atoms with E-state index in [2.05, 4.69) is 20.9 Å². The van der Waals surface area contributed by atoms with E-state index in [-0.39, 0.29) is 25.2 Å². The summed E-state index contributed by atoms with van der Waals surface area (Å²) in [6.07, 6.45) is 0.327. The molecule has 0 spiro atoms. The molecule has 10 N–H and O–H groups in total. The zero-order valence-electron chi connectivity index (χ0n) is 22.3. The summed E-state index contributed by atoms with van der Waals surface area (Å²) in [5, 5.41) is 27.9. The van der Waals surface area contributed by atoms with Crippen LogP contribution in [0.15, 0.2) is 30.5 Å². The van der Waals surface area contributed by atoms with E-state index < -0.39 is 59.9 Å². The van der Waals surface area contributed by atoms with Crippen LogP contribution in [0.5, 0.6) is 0 Å². The largest absolute Gasteiger partial charge is 0.480 e. The summed E-state index contributed by atoms with van der Waals surface area (Å²) in [6, 6.07) is 2.15. The van der Waals surface area contributed by atoms with Gasteiger partial charge < -0.3 is 42.6 Å². The standard InChI is InChI=1S/C26H38N6O7/c1-4-13(2)21(28)24(36)32-22(14(3)33)25(37)30-18(9-10-20(27)34)23(35)31-19(26(38)39)11-15-12-29-17-8-6-5-7-16(15)17/h5-8,12-14,18-19,21-22,29,33H,4,9-11,28H2,1-3H3,(H2,27,34)(H,30,37)(H,31,35)(H,32,36)(H,38,39). The van der Waals surface area contributed by atoms with Crippen LogP contribution in [0.3, 0.4) is 0 Å². The molecule has 13 nitrogen and oxygen atoms in total. The molecule has 6 unspecified atom stereocenters. The number of carbonyl (C=O) groups is 5. The highest BCUT2D eigenvalue weighted by atomic mass is 16.4. The highest BCUT2D eigenvalue weighted by molar-refractivity contribution is 5.95. The van der Waals surface area contributed by atoms with Crippen LogP contribution in [0.2, 0.25) is 0 Å². The average Bonchev–Trinajstić information content (AvgIpc) is 3.30. The summed E-state index contributed by atoms with van der Waals surface area (Å²) in [7, 11) is 0. The monoisotopic (exact) mass is 546 g/mol. The number of carboxylic acid groups (broad SMARTS) is 1. The number of aromatic amines is 1. The highest BCUT2D eigenvalue weighted by Gasteiger charge is 2.33. The van der Waals surface area contributed by atoms with Gasteiger partial charge in [-0.05, 0) is 30.9 Å². The molecule has 2 rings (SSSR count). The van der Waals surface area contributed by atoms with Crippen molar-refractivity contribution >= 4 is 40.5 Å². The summed E-state index contributed by atoms with van der Waals surface area (Å²) in [5.41, 5.74) is 12.6. The fraction of sp³-hybridized carbons (Fsp3) is 0.500. The number of benzene rings is 1. The minimum absolute atomic E-state index is 0.0541. The van der Waals surface area contributed by atoms with E-state index in [0.717, 1.165) is 10.9 Å². The van der Waals surface area contributed by atoms with Crippen molar-refractivity contribution in [3.05, 3.63) is 36.0 Å². The Balaban J connectivity index is 2.19. The maximum absolute atomic E-state index is 13.1. The normalized spacial score (nSPS) is 15.8. The minimum Gasteiger partial charge on any atom is -0.480 e. The molecule has 0 saturated heterocycles. The summed E-state index contributed by atoms with van der Waals surface area (Å²) in [5.74, 6) is -4.68. The van der Waals surface area contributed by atoms with Crippen LogP contribution >= 0.6 is 0 Å². The summed E-state index contributed by atoms with van der Waals surface area (Å²) in [6.45, 7) is 4.89. The molecule has 1 heterocycles. The summed E-state index contributed by atoms with van der Waals surface area (Å²) in [4.78, 5) is 65.1. The van der Waals surface area contributed by atoms with E-state index in [1.807, 2.05) is 25.1 Å². The van der Waals surface area contributed by atoms with Crippen LogP contribution in [-0.4, -0.2) is 75.1 Å². The molecule has 1 aromatic carbocycles. The van der Waals surface area contributed by atoms with Gasteiger partial charge in [0.2, 0.25) is 23.6 Å². The number of aliphatic hydroxyl groups is 1. The number of carboxylic acids is 1. The van der Waals surface area contributed by atoms with Gasteiger partial charge in [-0.2, -0.15) is 0 Å². The molecule has 4 amide bonds. The molecule has 0 radical (unpaired) electrons. The number of aromatic nitrogens is 1. The number of aliphatic carboxylic acids is 1. The average molecular weight is 547 g/mol. The van der Waals surface area contributed by atoms with Gasteiger partial charge in [-0.3, -0.25) is 19.2 Å². The number of para-hydroxylation sites is 1. The number of aliphatic hydroxyl groups excluding tert-OH is 1. The number of amides is 4. The second-order valence-corrected chi connectivity index (χ2v) is 9.67. The van der Waals surface area contributed by atoms with Crippen LogP contribution < -0.4 is 27.4 Å². The highest BCUT2D eigenvalue weighted by Crippen LogP contribution is 2.19. The molecule has 2 aromatic rings. The van der Waals surface area contributed by atoms with E-state index in [9.17, 15) is 34.2 Å². The Morgan fingerprint density at radius 2 is 1.62 bits per heavy atom. The molecular formula is C26H38N6O7. The Hall–Kier alpha value is -3.97. The lowest BCUT2D eigenvalue weighted by Gasteiger charge is -2.27. The number of primary amides is 1. The topological polar surface area (TPSA) is 230 Å². The van der Waals surface area contributed by atoms with E-state index in [1.165, 1.54) is 6.92 Å². The second-order valence-electron chi connectivity index (χ2n) is 9.67. The van der Waals surface area contributed by atoms with Gasteiger partial charge in [0.05, 0.1) is 12.1 Å². The first-order valence-corrected chi connectivity index (χ1v) is 12.8. The van der Waals surface area contributed by atoms with Gasteiger partial charge in [0, 0.05) is 29.9 Å². The first kappa shape index (κ1) is 31.2. The summed E-state index contributed by atoms with van der Waals surface area (Å²) >= 11 is 0. The molecule has 1 aromatic heterocycles. The van der Waals surface area contributed by atoms with E-state index in [1.54, 1.807) is 19.2 Å². The van der Waals surface area contributed by atoms with Gasteiger partial charge in [0.15, 0.2) is 0 Å². The Morgan fingerprint density at radius 1 is 0.974 bits per heavy atom.